The molecular weight excluding hydrogens is 689 g/mol. The van der Waals surface area contributed by atoms with Gasteiger partial charge in [-0.1, -0.05) is 194 Å². The van der Waals surface area contributed by atoms with Crippen molar-refractivity contribution in [2.75, 3.05) is 4.90 Å². The summed E-state index contributed by atoms with van der Waals surface area (Å²) < 4.78 is 7.09. The molecule has 0 saturated heterocycles. The van der Waals surface area contributed by atoms with Crippen LogP contribution in [-0.2, 0) is 0 Å². The van der Waals surface area contributed by atoms with E-state index in [0.717, 1.165) is 61.9 Å². The summed E-state index contributed by atoms with van der Waals surface area (Å²) in [4.78, 5) is 2.53. The molecule has 0 radical (unpaired) electrons. The van der Waals surface area contributed by atoms with Gasteiger partial charge in [0.15, 0.2) is 0 Å². The van der Waals surface area contributed by atoms with Crippen molar-refractivity contribution in [3.05, 3.63) is 218 Å². The molecule has 57 heavy (non-hydrogen) atoms. The molecule has 0 spiro atoms. The van der Waals surface area contributed by atoms with Gasteiger partial charge in [0.25, 0.3) is 6.71 Å². The Morgan fingerprint density at radius 3 is 1.33 bits per heavy atom. The van der Waals surface area contributed by atoms with Crippen molar-refractivity contribution in [2.24, 2.45) is 0 Å². The van der Waals surface area contributed by atoms with E-state index in [1.54, 1.807) is 0 Å². The first kappa shape index (κ1) is 33.0. The van der Waals surface area contributed by atoms with Crippen molar-refractivity contribution < 1.29 is 4.74 Å². The van der Waals surface area contributed by atoms with Crippen molar-refractivity contribution >= 4 is 40.2 Å². The number of fused-ring (bicyclic) bond motifs is 4. The molecule has 9 aromatic rings. The number of benzene rings is 9. The summed E-state index contributed by atoms with van der Waals surface area (Å²) in [6.07, 6.45) is 0. The lowest BCUT2D eigenvalue weighted by Gasteiger charge is -2.42. The predicted octanol–water partition coefficient (Wildman–Crippen LogP) is 12.4. The van der Waals surface area contributed by atoms with Crippen LogP contribution in [-0.4, -0.2) is 6.71 Å². The third-order valence-corrected chi connectivity index (χ3v) is 11.5. The number of ether oxygens (including phenoxy) is 1. The van der Waals surface area contributed by atoms with Gasteiger partial charge in [-0.2, -0.15) is 0 Å². The Kier molecular flexibility index (Phi) is 7.96. The lowest BCUT2D eigenvalue weighted by molar-refractivity contribution is 0.488. The largest absolute Gasteiger partial charge is 0.458 e. The third kappa shape index (κ3) is 5.67. The smallest absolute Gasteiger partial charge is 0.256 e. The summed E-state index contributed by atoms with van der Waals surface area (Å²) in [5, 5.41) is 0. The molecule has 0 amide bonds. The molecular formula is C54H36BNO. The molecule has 0 fully saturated rings. The molecule has 0 unspecified atom stereocenters. The molecule has 0 aliphatic carbocycles. The van der Waals surface area contributed by atoms with Gasteiger partial charge in [-0.05, 0) is 85.2 Å². The first-order valence-electron chi connectivity index (χ1n) is 19.6. The lowest BCUT2D eigenvalue weighted by Crippen LogP contribution is -2.59. The minimum Gasteiger partial charge on any atom is -0.458 e. The summed E-state index contributed by atoms with van der Waals surface area (Å²) in [5.41, 5.74) is 18.6. The number of rotatable bonds is 6. The van der Waals surface area contributed by atoms with Crippen LogP contribution in [0.25, 0.3) is 55.6 Å². The van der Waals surface area contributed by atoms with Crippen LogP contribution in [0.4, 0.5) is 17.1 Å². The molecule has 2 aliphatic heterocycles. The predicted molar refractivity (Wildman–Crippen MR) is 239 cm³/mol. The monoisotopic (exact) mass is 725 g/mol. The van der Waals surface area contributed by atoms with Gasteiger partial charge in [0.2, 0.25) is 0 Å². The zero-order chi connectivity index (χ0) is 37.7. The molecule has 0 bridgehead atoms. The Morgan fingerprint density at radius 2 is 0.789 bits per heavy atom. The highest BCUT2D eigenvalue weighted by atomic mass is 16.5. The molecule has 11 rings (SSSR count). The maximum atomic E-state index is 7.09. The van der Waals surface area contributed by atoms with Gasteiger partial charge in [0.1, 0.15) is 11.5 Å². The summed E-state index contributed by atoms with van der Waals surface area (Å²) in [5.74, 6) is 1.78. The van der Waals surface area contributed by atoms with Gasteiger partial charge in [-0.25, -0.2) is 0 Å². The standard InChI is InChI=1S/C54H36BNO/c1-6-17-37(18-7-1)42-29-31-49-47(33-42)55-48-34-43(38-19-8-2-9-20-38)30-32-51(48)57-52-36-44(39-21-10-3-11-22-39)35-50(53(52)55)56(49)54-45(40-23-12-4-13-24-40)27-16-28-46(54)41-25-14-5-15-26-41/h1-36H. The second-order valence-electron chi connectivity index (χ2n) is 14.8. The minimum absolute atomic E-state index is 0.0776. The Labute approximate surface area is 334 Å². The molecule has 2 heterocycles. The van der Waals surface area contributed by atoms with Crippen molar-refractivity contribution in [2.45, 2.75) is 0 Å². The van der Waals surface area contributed by atoms with Crippen LogP contribution in [0.2, 0.25) is 0 Å². The molecule has 0 atom stereocenters. The fourth-order valence-corrected chi connectivity index (χ4v) is 8.90. The van der Waals surface area contributed by atoms with E-state index in [0.29, 0.717) is 0 Å². The normalized spacial score (nSPS) is 12.3. The molecule has 0 saturated carbocycles. The zero-order valence-electron chi connectivity index (χ0n) is 31.2. The molecule has 0 aromatic heterocycles. The average Bonchev–Trinajstić information content (AvgIpc) is 3.30. The van der Waals surface area contributed by atoms with Crippen molar-refractivity contribution in [3.8, 4) is 67.1 Å². The quantitative estimate of drug-likeness (QED) is 0.158. The van der Waals surface area contributed by atoms with Crippen LogP contribution in [0.1, 0.15) is 0 Å². The number of hydrogen-bond donors (Lipinski definition) is 0. The highest BCUT2D eigenvalue weighted by Crippen LogP contribution is 2.50. The van der Waals surface area contributed by atoms with Crippen molar-refractivity contribution in [3.63, 3.8) is 0 Å². The Balaban J connectivity index is 1.26. The maximum absolute atomic E-state index is 7.09. The van der Waals surface area contributed by atoms with Crippen LogP contribution in [0, 0.1) is 0 Å². The van der Waals surface area contributed by atoms with Crippen molar-refractivity contribution in [1.82, 2.24) is 0 Å². The van der Waals surface area contributed by atoms with Crippen molar-refractivity contribution in [1.29, 1.82) is 0 Å². The Morgan fingerprint density at radius 1 is 0.316 bits per heavy atom. The Bertz CT molecular complexity index is 2860. The SMILES string of the molecule is c1ccc(-c2ccc3c(c2)B2c4cc(-c5ccccc5)ccc4N(c4c(-c5ccccc5)cccc4-c4ccccc4)c4cc(-c5ccccc5)cc(c42)O3)cc1. The van der Waals surface area contributed by atoms with E-state index in [9.17, 15) is 0 Å². The zero-order valence-corrected chi connectivity index (χ0v) is 31.2. The Hall–Kier alpha value is -7.36. The number of para-hydroxylation sites is 1. The molecule has 2 aliphatic rings. The number of hydrogen-bond acceptors (Lipinski definition) is 2. The summed E-state index contributed by atoms with van der Waals surface area (Å²) >= 11 is 0. The highest BCUT2D eigenvalue weighted by molar-refractivity contribution is 6.99. The van der Waals surface area contributed by atoms with Gasteiger partial charge < -0.3 is 9.64 Å². The van der Waals surface area contributed by atoms with Gasteiger partial charge >= 0.3 is 0 Å². The average molecular weight is 726 g/mol. The van der Waals surface area contributed by atoms with Crippen LogP contribution in [0.5, 0.6) is 11.5 Å². The molecule has 0 N–H and O–H groups in total. The molecule has 9 aromatic carbocycles. The fraction of sp³-hybridized carbons (Fsp3) is 0. The second kappa shape index (κ2) is 13.7. The summed E-state index contributed by atoms with van der Waals surface area (Å²) in [6, 6.07) is 78.9. The van der Waals surface area contributed by atoms with E-state index in [1.165, 1.54) is 38.6 Å². The fourth-order valence-electron chi connectivity index (χ4n) is 8.90. The first-order chi connectivity index (χ1) is 28.3. The van der Waals surface area contributed by atoms with E-state index in [4.69, 9.17) is 4.74 Å². The lowest BCUT2D eigenvalue weighted by atomic mass is 9.34. The topological polar surface area (TPSA) is 12.5 Å². The molecule has 2 nitrogen and oxygen atoms in total. The highest BCUT2D eigenvalue weighted by Gasteiger charge is 2.43. The van der Waals surface area contributed by atoms with Gasteiger partial charge in [0.05, 0.1) is 5.69 Å². The third-order valence-electron chi connectivity index (χ3n) is 11.5. The number of nitrogens with zero attached hydrogens (tertiary/aromatic N) is 1. The van der Waals surface area contributed by atoms with Gasteiger partial charge in [-0.3, -0.25) is 0 Å². The van der Waals surface area contributed by atoms with Crippen LogP contribution in [0.15, 0.2) is 218 Å². The van der Waals surface area contributed by atoms with E-state index in [1.807, 2.05) is 0 Å². The van der Waals surface area contributed by atoms with Crippen LogP contribution >= 0.6 is 0 Å². The van der Waals surface area contributed by atoms with Crippen LogP contribution < -0.4 is 26.0 Å². The number of anilines is 3. The van der Waals surface area contributed by atoms with E-state index in [2.05, 4.69) is 223 Å². The van der Waals surface area contributed by atoms with E-state index < -0.39 is 0 Å². The summed E-state index contributed by atoms with van der Waals surface area (Å²) in [7, 11) is 0. The second-order valence-corrected chi connectivity index (χ2v) is 14.8. The molecule has 266 valence electrons. The van der Waals surface area contributed by atoms with Crippen LogP contribution in [0.3, 0.4) is 0 Å². The van der Waals surface area contributed by atoms with Gasteiger partial charge in [0, 0.05) is 22.5 Å². The maximum Gasteiger partial charge on any atom is 0.256 e. The van der Waals surface area contributed by atoms with E-state index >= 15 is 0 Å². The summed E-state index contributed by atoms with van der Waals surface area (Å²) in [6.45, 7) is -0.0776. The first-order valence-corrected chi connectivity index (χ1v) is 19.6. The molecule has 3 heteroatoms. The minimum atomic E-state index is -0.0776. The van der Waals surface area contributed by atoms with Gasteiger partial charge in [-0.15, -0.1) is 0 Å². The van der Waals surface area contributed by atoms with E-state index in [-0.39, 0.29) is 6.71 Å².